The third kappa shape index (κ3) is 3.30. The van der Waals surface area contributed by atoms with Crippen LogP contribution in [0.2, 0.25) is 0 Å². The van der Waals surface area contributed by atoms with Crippen molar-refractivity contribution in [3.05, 3.63) is 59.2 Å². The monoisotopic (exact) mass is 322 g/mol. The molecule has 0 heterocycles. The molecule has 0 spiro atoms. The SMILES string of the molecule is O=C(Oc1c(F)cc(F)cc1F)Oc1c(F)cc(F)cc1F. The maximum atomic E-state index is 13.2. The first-order chi connectivity index (χ1) is 10.3. The smallest absolute Gasteiger partial charge is 0.388 e. The molecule has 2 rings (SSSR count). The van der Waals surface area contributed by atoms with E-state index in [2.05, 4.69) is 9.47 Å². The summed E-state index contributed by atoms with van der Waals surface area (Å²) in [5.74, 6) is -11.5. The minimum absolute atomic E-state index is 0.213. The summed E-state index contributed by atoms with van der Waals surface area (Å²) in [7, 11) is 0. The Bertz CT molecular complexity index is 639. The number of ether oxygens (including phenoxy) is 2. The van der Waals surface area contributed by atoms with Crippen LogP contribution >= 0.6 is 0 Å². The molecule has 0 aliphatic rings. The molecule has 3 nitrogen and oxygen atoms in total. The van der Waals surface area contributed by atoms with Crippen molar-refractivity contribution in [3.63, 3.8) is 0 Å². The van der Waals surface area contributed by atoms with E-state index in [4.69, 9.17) is 0 Å². The number of hydrogen-bond donors (Lipinski definition) is 0. The summed E-state index contributed by atoms with van der Waals surface area (Å²) in [6.45, 7) is 0. The van der Waals surface area contributed by atoms with Gasteiger partial charge in [-0.15, -0.1) is 0 Å². The standard InChI is InChI=1S/C13H4F6O3/c14-5-1-7(16)11(8(17)2-5)21-13(20)22-12-9(18)3-6(15)4-10(12)19/h1-4H. The van der Waals surface area contributed by atoms with Crippen LogP contribution in [-0.2, 0) is 0 Å². The third-order valence-corrected chi connectivity index (χ3v) is 2.30. The van der Waals surface area contributed by atoms with Crippen molar-refractivity contribution < 1.29 is 40.6 Å². The van der Waals surface area contributed by atoms with E-state index in [1.54, 1.807) is 0 Å². The molecule has 0 atom stereocenters. The maximum Gasteiger partial charge on any atom is 0.519 e. The van der Waals surface area contributed by atoms with E-state index in [-0.39, 0.29) is 24.3 Å². The summed E-state index contributed by atoms with van der Waals surface area (Å²) in [5, 5.41) is 0. The van der Waals surface area contributed by atoms with Crippen LogP contribution in [0.15, 0.2) is 24.3 Å². The summed E-state index contributed by atoms with van der Waals surface area (Å²) in [4.78, 5) is 11.3. The molecule has 0 aliphatic heterocycles. The van der Waals surface area contributed by atoms with Gasteiger partial charge in [-0.1, -0.05) is 0 Å². The average Bonchev–Trinajstić information content (AvgIpc) is 2.38. The highest BCUT2D eigenvalue weighted by molar-refractivity contribution is 5.67. The van der Waals surface area contributed by atoms with Crippen molar-refractivity contribution in [3.8, 4) is 11.5 Å². The number of halogens is 6. The zero-order valence-electron chi connectivity index (χ0n) is 10.3. The van der Waals surface area contributed by atoms with Crippen molar-refractivity contribution in [1.82, 2.24) is 0 Å². The fourth-order valence-corrected chi connectivity index (χ4v) is 1.44. The summed E-state index contributed by atoms with van der Waals surface area (Å²) in [5.41, 5.74) is 0. The highest BCUT2D eigenvalue weighted by atomic mass is 19.2. The highest BCUT2D eigenvalue weighted by Gasteiger charge is 2.21. The molecule has 0 fully saturated rings. The molecule has 0 radical (unpaired) electrons. The summed E-state index contributed by atoms with van der Waals surface area (Å²) in [6, 6.07) is 0.852. The molecule has 0 aromatic heterocycles. The second kappa shape index (κ2) is 5.96. The van der Waals surface area contributed by atoms with Gasteiger partial charge in [0.1, 0.15) is 11.6 Å². The van der Waals surface area contributed by atoms with Gasteiger partial charge in [-0.25, -0.2) is 31.1 Å². The Labute approximate surface area is 118 Å². The van der Waals surface area contributed by atoms with E-state index < -0.39 is 52.6 Å². The van der Waals surface area contributed by atoms with Gasteiger partial charge in [-0.3, -0.25) is 0 Å². The first kappa shape index (κ1) is 15.7. The zero-order chi connectivity index (χ0) is 16.4. The van der Waals surface area contributed by atoms with Crippen molar-refractivity contribution in [2.24, 2.45) is 0 Å². The Morgan fingerprint density at radius 3 is 1.18 bits per heavy atom. The number of hydrogen-bond acceptors (Lipinski definition) is 3. The lowest BCUT2D eigenvalue weighted by Gasteiger charge is -2.08. The molecule has 0 N–H and O–H groups in total. The molecule has 2 aromatic carbocycles. The van der Waals surface area contributed by atoms with Crippen LogP contribution in [0.4, 0.5) is 31.1 Å². The highest BCUT2D eigenvalue weighted by Crippen LogP contribution is 2.26. The average molecular weight is 322 g/mol. The molecule has 2 aromatic rings. The number of carbonyl (C=O) groups is 1. The van der Waals surface area contributed by atoms with Gasteiger partial charge in [0.25, 0.3) is 0 Å². The third-order valence-electron chi connectivity index (χ3n) is 2.30. The molecular weight excluding hydrogens is 318 g/mol. The van der Waals surface area contributed by atoms with Gasteiger partial charge in [0.05, 0.1) is 0 Å². The Hall–Kier alpha value is -2.71. The van der Waals surface area contributed by atoms with Crippen LogP contribution < -0.4 is 9.47 Å². The second-order valence-electron chi connectivity index (χ2n) is 3.85. The van der Waals surface area contributed by atoms with Gasteiger partial charge in [-0.05, 0) is 0 Å². The molecule has 22 heavy (non-hydrogen) atoms. The van der Waals surface area contributed by atoms with Crippen LogP contribution in [-0.4, -0.2) is 6.16 Å². The molecular formula is C13H4F6O3. The van der Waals surface area contributed by atoms with Gasteiger partial charge in [0.2, 0.25) is 11.5 Å². The Kier molecular flexibility index (Phi) is 4.25. The van der Waals surface area contributed by atoms with E-state index in [9.17, 15) is 31.1 Å². The van der Waals surface area contributed by atoms with Crippen LogP contribution in [0.3, 0.4) is 0 Å². The van der Waals surface area contributed by atoms with Gasteiger partial charge < -0.3 is 9.47 Å². The van der Waals surface area contributed by atoms with E-state index in [0.29, 0.717) is 0 Å². The Morgan fingerprint density at radius 2 is 0.909 bits per heavy atom. The van der Waals surface area contributed by atoms with Crippen molar-refractivity contribution in [2.45, 2.75) is 0 Å². The predicted octanol–water partition coefficient (Wildman–Crippen LogP) is 4.10. The first-order valence-electron chi connectivity index (χ1n) is 5.46. The van der Waals surface area contributed by atoms with Crippen molar-refractivity contribution in [2.75, 3.05) is 0 Å². The fourth-order valence-electron chi connectivity index (χ4n) is 1.44. The fraction of sp³-hybridized carbons (Fsp3) is 0. The van der Waals surface area contributed by atoms with E-state index >= 15 is 0 Å². The molecule has 0 amide bonds. The van der Waals surface area contributed by atoms with E-state index in [1.807, 2.05) is 0 Å². The number of benzene rings is 2. The molecule has 0 bridgehead atoms. The maximum absolute atomic E-state index is 13.2. The largest absolute Gasteiger partial charge is 0.519 e. The quantitative estimate of drug-likeness (QED) is 0.474. The number of rotatable bonds is 2. The summed E-state index contributed by atoms with van der Waals surface area (Å²) < 4.78 is 86.3. The first-order valence-corrected chi connectivity index (χ1v) is 5.46. The van der Waals surface area contributed by atoms with E-state index in [1.165, 1.54) is 0 Å². The lowest BCUT2D eigenvalue weighted by molar-refractivity contribution is 0.143. The lowest BCUT2D eigenvalue weighted by Crippen LogP contribution is -2.17. The normalized spacial score (nSPS) is 10.5. The molecule has 0 saturated heterocycles. The molecule has 116 valence electrons. The van der Waals surface area contributed by atoms with Crippen molar-refractivity contribution in [1.29, 1.82) is 0 Å². The van der Waals surface area contributed by atoms with Crippen LogP contribution in [0.5, 0.6) is 11.5 Å². The van der Waals surface area contributed by atoms with Crippen LogP contribution in [0, 0.1) is 34.9 Å². The topological polar surface area (TPSA) is 35.5 Å². The van der Waals surface area contributed by atoms with E-state index in [0.717, 1.165) is 0 Å². The minimum Gasteiger partial charge on any atom is -0.388 e. The molecule has 0 unspecified atom stereocenters. The van der Waals surface area contributed by atoms with Crippen molar-refractivity contribution >= 4 is 6.16 Å². The minimum atomic E-state index is -1.91. The molecule has 9 heteroatoms. The predicted molar refractivity (Wildman–Crippen MR) is 59.3 cm³/mol. The Morgan fingerprint density at radius 1 is 0.636 bits per heavy atom. The summed E-state index contributed by atoms with van der Waals surface area (Å²) >= 11 is 0. The lowest BCUT2D eigenvalue weighted by atomic mass is 10.3. The molecule has 0 saturated carbocycles. The molecule has 0 aliphatic carbocycles. The van der Waals surface area contributed by atoms with Gasteiger partial charge in [0.15, 0.2) is 23.3 Å². The van der Waals surface area contributed by atoms with Gasteiger partial charge in [-0.2, -0.15) is 0 Å². The van der Waals surface area contributed by atoms with Crippen LogP contribution in [0.25, 0.3) is 0 Å². The number of carbonyl (C=O) groups excluding carboxylic acids is 1. The summed E-state index contributed by atoms with van der Waals surface area (Å²) in [6.07, 6.45) is -1.91. The van der Waals surface area contributed by atoms with Crippen LogP contribution in [0.1, 0.15) is 0 Å². The zero-order valence-corrected chi connectivity index (χ0v) is 10.3. The second-order valence-corrected chi connectivity index (χ2v) is 3.85. The van der Waals surface area contributed by atoms with Gasteiger partial charge in [0, 0.05) is 24.3 Å². The Balaban J connectivity index is 2.22. The van der Waals surface area contributed by atoms with Gasteiger partial charge >= 0.3 is 6.16 Å².